The Kier molecular flexibility index (Phi) is 50.8. The molecule has 6 nitrogen and oxygen atoms in total. The molecule has 63 heavy (non-hydrogen) atoms. The molecular formula is C57H106O6. The van der Waals surface area contributed by atoms with Gasteiger partial charge in [-0.25, -0.2) is 0 Å². The van der Waals surface area contributed by atoms with Crippen molar-refractivity contribution in [3.05, 3.63) is 24.3 Å². The summed E-state index contributed by atoms with van der Waals surface area (Å²) in [6.07, 6.45) is 60.1. The Labute approximate surface area is 392 Å². The van der Waals surface area contributed by atoms with E-state index in [1.165, 1.54) is 199 Å². The molecule has 6 heteroatoms. The lowest BCUT2D eigenvalue weighted by molar-refractivity contribution is -0.167. The third kappa shape index (κ3) is 50.7. The van der Waals surface area contributed by atoms with Crippen molar-refractivity contribution in [2.75, 3.05) is 13.2 Å². The number of hydrogen-bond donors (Lipinski definition) is 0. The molecule has 0 aromatic rings. The molecule has 0 N–H and O–H groups in total. The number of ether oxygens (including phenoxy) is 3. The van der Waals surface area contributed by atoms with Crippen molar-refractivity contribution in [2.24, 2.45) is 0 Å². The van der Waals surface area contributed by atoms with Gasteiger partial charge in [0.1, 0.15) is 13.2 Å². The van der Waals surface area contributed by atoms with Gasteiger partial charge in [-0.3, -0.25) is 14.4 Å². The highest BCUT2D eigenvalue weighted by Gasteiger charge is 2.19. The van der Waals surface area contributed by atoms with Crippen molar-refractivity contribution >= 4 is 17.9 Å². The molecule has 0 rings (SSSR count). The largest absolute Gasteiger partial charge is 0.462 e. The summed E-state index contributed by atoms with van der Waals surface area (Å²) in [6.45, 7) is 6.65. The zero-order chi connectivity index (χ0) is 45.8. The summed E-state index contributed by atoms with van der Waals surface area (Å²) < 4.78 is 16.8. The SMILES string of the molecule is CCCCCC/C=C/CCCCCCCCCC(=O)O[C@H](COC(=O)CCCCCCC/C=C/CCCCCCC)COC(=O)CCCCCCCCCCCCCCCCCC. The fourth-order valence-corrected chi connectivity index (χ4v) is 8.20. The van der Waals surface area contributed by atoms with Crippen molar-refractivity contribution in [1.82, 2.24) is 0 Å². The quantitative estimate of drug-likeness (QED) is 0.0262. The van der Waals surface area contributed by atoms with Crippen LogP contribution in [0.4, 0.5) is 0 Å². The lowest BCUT2D eigenvalue weighted by atomic mass is 10.0. The van der Waals surface area contributed by atoms with Crippen LogP contribution >= 0.6 is 0 Å². The Hall–Kier alpha value is -2.11. The fourth-order valence-electron chi connectivity index (χ4n) is 8.20. The fraction of sp³-hybridized carbons (Fsp3) is 0.877. The molecule has 0 saturated carbocycles. The molecule has 0 amide bonds. The van der Waals surface area contributed by atoms with E-state index in [1.807, 2.05) is 0 Å². The Morgan fingerprint density at radius 2 is 0.524 bits per heavy atom. The highest BCUT2D eigenvalue weighted by Crippen LogP contribution is 2.16. The van der Waals surface area contributed by atoms with E-state index in [9.17, 15) is 14.4 Å². The average molecular weight is 887 g/mol. The minimum atomic E-state index is -0.772. The van der Waals surface area contributed by atoms with Gasteiger partial charge in [0.05, 0.1) is 0 Å². The van der Waals surface area contributed by atoms with Gasteiger partial charge in [0.15, 0.2) is 6.10 Å². The zero-order valence-electron chi connectivity index (χ0n) is 42.4. The van der Waals surface area contributed by atoms with Crippen molar-refractivity contribution in [2.45, 2.75) is 309 Å². The summed E-state index contributed by atoms with van der Waals surface area (Å²) in [5, 5.41) is 0. The molecule has 0 bridgehead atoms. The maximum atomic E-state index is 12.8. The van der Waals surface area contributed by atoms with Crippen LogP contribution in [-0.2, 0) is 28.6 Å². The van der Waals surface area contributed by atoms with E-state index in [2.05, 4.69) is 45.1 Å². The minimum absolute atomic E-state index is 0.0714. The Morgan fingerprint density at radius 3 is 0.810 bits per heavy atom. The first-order chi connectivity index (χ1) is 31.0. The van der Waals surface area contributed by atoms with Crippen LogP contribution in [-0.4, -0.2) is 37.2 Å². The lowest BCUT2D eigenvalue weighted by Crippen LogP contribution is -2.30. The highest BCUT2D eigenvalue weighted by atomic mass is 16.6. The van der Waals surface area contributed by atoms with Gasteiger partial charge < -0.3 is 14.2 Å². The van der Waals surface area contributed by atoms with Crippen molar-refractivity contribution < 1.29 is 28.6 Å². The molecule has 0 saturated heterocycles. The molecule has 0 unspecified atom stereocenters. The molecule has 0 aliphatic rings. The maximum absolute atomic E-state index is 12.8. The molecule has 0 aliphatic heterocycles. The first kappa shape index (κ1) is 60.9. The number of unbranched alkanes of at least 4 members (excludes halogenated alkanes) is 36. The second-order valence-corrected chi connectivity index (χ2v) is 18.8. The van der Waals surface area contributed by atoms with E-state index < -0.39 is 6.10 Å². The lowest BCUT2D eigenvalue weighted by Gasteiger charge is -2.18. The third-order valence-corrected chi connectivity index (χ3v) is 12.4. The molecule has 0 fully saturated rings. The van der Waals surface area contributed by atoms with Crippen LogP contribution in [0.5, 0.6) is 0 Å². The monoisotopic (exact) mass is 887 g/mol. The summed E-state index contributed by atoms with van der Waals surface area (Å²) in [7, 11) is 0. The molecule has 1 atom stereocenters. The van der Waals surface area contributed by atoms with E-state index >= 15 is 0 Å². The van der Waals surface area contributed by atoms with Crippen molar-refractivity contribution in [3.63, 3.8) is 0 Å². The second-order valence-electron chi connectivity index (χ2n) is 18.8. The molecule has 0 aromatic heterocycles. The standard InChI is InChI=1S/C57H106O6/c1-4-7-10-13-16-19-22-25-28-30-32-35-38-41-44-47-50-56(59)62-53-54(52-61-55(58)49-46-43-40-37-34-31-27-24-21-18-15-12-9-6-3)63-57(60)51-48-45-42-39-36-33-29-26-23-20-17-14-11-8-5-2/h20,23-24,27,54H,4-19,21-22,25-26,28-53H2,1-3H3/b23-20+,27-24+/t54-/m1/s1. The summed E-state index contributed by atoms with van der Waals surface area (Å²) in [6, 6.07) is 0. The summed E-state index contributed by atoms with van der Waals surface area (Å²) in [4.78, 5) is 38.1. The minimum Gasteiger partial charge on any atom is -0.462 e. The van der Waals surface area contributed by atoms with Gasteiger partial charge in [0.2, 0.25) is 0 Å². The van der Waals surface area contributed by atoms with Crippen LogP contribution in [0.2, 0.25) is 0 Å². The van der Waals surface area contributed by atoms with Gasteiger partial charge >= 0.3 is 17.9 Å². The van der Waals surface area contributed by atoms with E-state index in [4.69, 9.17) is 14.2 Å². The Bertz CT molecular complexity index is 1020. The number of hydrogen-bond acceptors (Lipinski definition) is 6. The molecule has 370 valence electrons. The number of allylic oxidation sites excluding steroid dienone is 4. The van der Waals surface area contributed by atoms with Gasteiger partial charge in [-0.15, -0.1) is 0 Å². The second kappa shape index (κ2) is 52.5. The van der Waals surface area contributed by atoms with Gasteiger partial charge in [-0.2, -0.15) is 0 Å². The van der Waals surface area contributed by atoms with E-state index in [1.54, 1.807) is 0 Å². The maximum Gasteiger partial charge on any atom is 0.306 e. The summed E-state index contributed by atoms with van der Waals surface area (Å²) in [5.41, 5.74) is 0. The summed E-state index contributed by atoms with van der Waals surface area (Å²) >= 11 is 0. The Morgan fingerprint density at radius 1 is 0.302 bits per heavy atom. The average Bonchev–Trinajstić information content (AvgIpc) is 3.28. The van der Waals surface area contributed by atoms with E-state index in [0.29, 0.717) is 19.3 Å². The number of rotatable bonds is 51. The van der Waals surface area contributed by atoms with Crippen molar-refractivity contribution in [3.8, 4) is 0 Å². The molecular weight excluding hydrogens is 781 g/mol. The predicted octanol–water partition coefficient (Wildman–Crippen LogP) is 18.3. The molecule has 0 aliphatic carbocycles. The first-order valence-electron chi connectivity index (χ1n) is 27.8. The summed E-state index contributed by atoms with van der Waals surface area (Å²) in [5.74, 6) is -0.867. The van der Waals surface area contributed by atoms with Gasteiger partial charge in [-0.05, 0) is 70.6 Å². The number of carbonyl (C=O) groups excluding carboxylic acids is 3. The Balaban J connectivity index is 4.35. The van der Waals surface area contributed by atoms with Gasteiger partial charge in [0.25, 0.3) is 0 Å². The smallest absolute Gasteiger partial charge is 0.306 e. The van der Waals surface area contributed by atoms with E-state index in [0.717, 1.165) is 64.2 Å². The van der Waals surface area contributed by atoms with Crippen LogP contribution in [0.1, 0.15) is 303 Å². The molecule has 0 aromatic carbocycles. The van der Waals surface area contributed by atoms with Gasteiger partial charge in [-0.1, -0.05) is 238 Å². The van der Waals surface area contributed by atoms with Crippen LogP contribution in [0, 0.1) is 0 Å². The highest BCUT2D eigenvalue weighted by molar-refractivity contribution is 5.71. The van der Waals surface area contributed by atoms with Gasteiger partial charge in [0, 0.05) is 19.3 Å². The van der Waals surface area contributed by atoms with Crippen molar-refractivity contribution in [1.29, 1.82) is 0 Å². The van der Waals surface area contributed by atoms with Crippen LogP contribution in [0.15, 0.2) is 24.3 Å². The molecule has 0 heterocycles. The predicted molar refractivity (Wildman–Crippen MR) is 270 cm³/mol. The number of carbonyl (C=O) groups is 3. The van der Waals surface area contributed by atoms with Crippen LogP contribution in [0.25, 0.3) is 0 Å². The van der Waals surface area contributed by atoms with E-state index in [-0.39, 0.29) is 31.1 Å². The van der Waals surface area contributed by atoms with Crippen LogP contribution < -0.4 is 0 Å². The molecule has 0 spiro atoms. The van der Waals surface area contributed by atoms with Crippen LogP contribution in [0.3, 0.4) is 0 Å². The third-order valence-electron chi connectivity index (χ3n) is 12.4. The normalized spacial score (nSPS) is 12.1. The number of esters is 3. The zero-order valence-corrected chi connectivity index (χ0v) is 42.4. The molecule has 0 radical (unpaired) electrons. The first-order valence-corrected chi connectivity index (χ1v) is 27.8. The topological polar surface area (TPSA) is 78.9 Å².